The van der Waals surface area contributed by atoms with E-state index >= 15 is 0 Å². The van der Waals surface area contributed by atoms with E-state index in [-0.39, 0.29) is 0 Å². The van der Waals surface area contributed by atoms with E-state index in [4.69, 9.17) is 0 Å². The smallest absolute Gasteiger partial charge is 0.188 e. The first kappa shape index (κ1) is 21.3. The number of nitrogens with zero attached hydrogens (tertiary/aromatic N) is 1. The zero-order chi connectivity index (χ0) is 22.1. The fourth-order valence-electron chi connectivity index (χ4n) is 4.53. The number of aryl methyl sites for hydroxylation is 1. The van der Waals surface area contributed by atoms with Gasteiger partial charge in [0.2, 0.25) is 0 Å². The van der Waals surface area contributed by atoms with E-state index in [0.29, 0.717) is 0 Å². The van der Waals surface area contributed by atoms with Gasteiger partial charge in [-0.25, -0.2) is 9.97 Å². The van der Waals surface area contributed by atoms with Crippen LogP contribution in [0, 0.1) is 6.92 Å². The van der Waals surface area contributed by atoms with E-state index < -0.39 is 6.15 Å². The molecular weight excluding hydrogens is 387 g/mol. The Balaban J connectivity index is 0.000000300. The van der Waals surface area contributed by atoms with Crippen LogP contribution < -0.4 is 26.8 Å². The van der Waals surface area contributed by atoms with Crippen molar-refractivity contribution in [1.82, 2.24) is 4.98 Å². The fourth-order valence-corrected chi connectivity index (χ4v) is 4.53. The molecule has 0 amide bonds. The third-order valence-electron chi connectivity index (χ3n) is 5.94. The lowest BCUT2D eigenvalue weighted by Crippen LogP contribution is -2.74. The normalized spacial score (nSPS) is 10.7. The lowest BCUT2D eigenvalue weighted by molar-refractivity contribution is -0.379. The molecule has 1 aromatic heterocycles. The monoisotopic (exact) mass is 414 g/mol. The van der Waals surface area contributed by atoms with Crippen molar-refractivity contribution in [3.8, 4) is 0 Å². The molecule has 0 radical (unpaired) electrons. The molecule has 0 bridgehead atoms. The van der Waals surface area contributed by atoms with Crippen molar-refractivity contribution >= 4 is 28.0 Å². The van der Waals surface area contributed by atoms with E-state index in [1.54, 1.807) is 12.4 Å². The molecule has 3 heteroatoms. The summed E-state index contributed by atoms with van der Waals surface area (Å²) in [5.74, 6) is 0. The van der Waals surface area contributed by atoms with Gasteiger partial charge in [-0.3, -0.25) is 0 Å². The molecule has 0 fully saturated rings. The Morgan fingerprint density at radius 2 is 0.875 bits per heavy atom. The highest BCUT2D eigenvalue weighted by Crippen LogP contribution is 2.09. The van der Waals surface area contributed by atoms with Gasteiger partial charge in [0.1, 0.15) is 11.8 Å². The van der Waals surface area contributed by atoms with Gasteiger partial charge in [0.05, 0.1) is 6.20 Å². The van der Waals surface area contributed by atoms with Gasteiger partial charge in [-0.15, -0.1) is 0 Å². The lowest BCUT2D eigenvalue weighted by Gasteiger charge is -2.44. The average molecular weight is 414 g/mol. The molecule has 2 nitrogen and oxygen atoms in total. The Kier molecular flexibility index (Phi) is 6.89. The molecule has 1 N–H and O–H groups in total. The summed E-state index contributed by atoms with van der Waals surface area (Å²) in [6.07, 6.45) is 4.15. The summed E-state index contributed by atoms with van der Waals surface area (Å²) >= 11 is 0. The zero-order valence-electron chi connectivity index (χ0n) is 18.3. The molecule has 156 valence electrons. The molecule has 5 aromatic rings. The minimum atomic E-state index is -1.22. The van der Waals surface area contributed by atoms with E-state index in [9.17, 15) is 0 Å². The second-order valence-corrected chi connectivity index (χ2v) is 7.91. The van der Waals surface area contributed by atoms with E-state index in [0.717, 1.165) is 5.69 Å². The predicted octanol–water partition coefficient (Wildman–Crippen LogP) is 3.27. The van der Waals surface area contributed by atoms with Crippen molar-refractivity contribution in [2.24, 2.45) is 0 Å². The van der Waals surface area contributed by atoms with Gasteiger partial charge in [-0.1, -0.05) is 121 Å². The van der Waals surface area contributed by atoms with Crippen molar-refractivity contribution < 1.29 is 4.98 Å². The Labute approximate surface area is 190 Å². The van der Waals surface area contributed by atoms with Crippen LogP contribution in [0.5, 0.6) is 0 Å². The summed E-state index contributed by atoms with van der Waals surface area (Å²) in [6, 6.07) is 43.5. The average Bonchev–Trinajstić information content (AvgIpc) is 2.88. The van der Waals surface area contributed by atoms with Crippen molar-refractivity contribution in [3.63, 3.8) is 0 Å². The van der Waals surface area contributed by atoms with Gasteiger partial charge < -0.3 is 0 Å². The summed E-state index contributed by atoms with van der Waals surface area (Å²) in [7, 11) is 0. The molecule has 0 aliphatic rings. The molecular formula is C29H27BN2. The van der Waals surface area contributed by atoms with Crippen LogP contribution in [0.1, 0.15) is 5.69 Å². The maximum atomic E-state index is 3.95. The zero-order valence-corrected chi connectivity index (χ0v) is 18.3. The summed E-state index contributed by atoms with van der Waals surface area (Å²) in [6.45, 7) is 1.94. The molecule has 0 unspecified atom stereocenters. The van der Waals surface area contributed by atoms with Crippen LogP contribution in [-0.2, 0) is 0 Å². The van der Waals surface area contributed by atoms with Gasteiger partial charge in [0.25, 0.3) is 0 Å². The van der Waals surface area contributed by atoms with Crippen LogP contribution in [0.25, 0.3) is 0 Å². The quantitative estimate of drug-likeness (QED) is 0.415. The Hall–Kier alpha value is -3.98. The summed E-state index contributed by atoms with van der Waals surface area (Å²) in [5, 5.41) is 0. The van der Waals surface area contributed by atoms with Crippen molar-refractivity contribution in [2.75, 3.05) is 0 Å². The second kappa shape index (κ2) is 10.4. The number of nitrogens with one attached hydrogen (secondary N) is 1. The van der Waals surface area contributed by atoms with E-state index in [2.05, 4.69) is 131 Å². The molecule has 5 rings (SSSR count). The molecule has 0 aliphatic heterocycles. The van der Waals surface area contributed by atoms with Crippen LogP contribution in [0.15, 0.2) is 140 Å². The topological polar surface area (TPSA) is 27.0 Å². The number of aromatic amines is 1. The van der Waals surface area contributed by atoms with Crippen LogP contribution in [-0.4, -0.2) is 11.1 Å². The van der Waals surface area contributed by atoms with E-state index in [1.807, 2.05) is 13.1 Å². The highest BCUT2D eigenvalue weighted by Gasteiger charge is 2.30. The number of aromatic nitrogens is 2. The molecule has 0 aliphatic carbocycles. The predicted molar refractivity (Wildman–Crippen MR) is 136 cm³/mol. The van der Waals surface area contributed by atoms with Crippen LogP contribution in [0.4, 0.5) is 0 Å². The lowest BCUT2D eigenvalue weighted by atomic mass is 9.13. The Morgan fingerprint density at radius 1 is 0.531 bits per heavy atom. The number of rotatable bonds is 4. The van der Waals surface area contributed by atoms with Crippen LogP contribution in [0.2, 0.25) is 0 Å². The maximum Gasteiger partial charge on any atom is 0.188 e. The third-order valence-corrected chi connectivity index (χ3v) is 5.94. The van der Waals surface area contributed by atoms with Crippen LogP contribution in [0.3, 0.4) is 0 Å². The fraction of sp³-hybridized carbons (Fsp3) is 0.0345. The first-order valence-electron chi connectivity index (χ1n) is 11.0. The largest absolute Gasteiger partial charge is 0.249 e. The third kappa shape index (κ3) is 4.52. The van der Waals surface area contributed by atoms with Gasteiger partial charge in [-0.2, -0.15) is 21.9 Å². The van der Waals surface area contributed by atoms with Gasteiger partial charge in [0, 0.05) is 0 Å². The molecule has 0 saturated heterocycles. The minimum absolute atomic E-state index is 1.02. The number of hydrogen-bond acceptors (Lipinski definition) is 1. The van der Waals surface area contributed by atoms with Gasteiger partial charge in [-0.05, 0) is 6.92 Å². The highest BCUT2D eigenvalue weighted by molar-refractivity contribution is 7.19. The SMILES string of the molecule is Cc1c[nH+]ccn1.c1ccc([B-](c2ccccc2)(c2ccccc2)c2ccccc2)cc1. The molecule has 0 saturated carbocycles. The number of hydrogen-bond donors (Lipinski definition) is 0. The van der Waals surface area contributed by atoms with Crippen molar-refractivity contribution in [1.29, 1.82) is 0 Å². The minimum Gasteiger partial charge on any atom is -0.249 e. The maximum absolute atomic E-state index is 3.95. The molecule has 0 spiro atoms. The van der Waals surface area contributed by atoms with Crippen molar-refractivity contribution in [2.45, 2.75) is 6.92 Å². The first-order chi connectivity index (χ1) is 15.8. The standard InChI is InChI=1S/C24H20B.C5H6N2/c1-5-13-21(14-6-1)25(22-15-7-2-8-16-22,23-17-9-3-10-18-23)24-19-11-4-12-20-24;1-5-4-6-2-3-7-5/h1-20H;2-4H,1H3/q-1;/p+1. The van der Waals surface area contributed by atoms with Gasteiger partial charge >= 0.3 is 0 Å². The molecule has 32 heavy (non-hydrogen) atoms. The van der Waals surface area contributed by atoms with Gasteiger partial charge in [0.15, 0.2) is 12.4 Å². The van der Waals surface area contributed by atoms with E-state index in [1.165, 1.54) is 21.9 Å². The summed E-state index contributed by atoms with van der Waals surface area (Å²) in [5.41, 5.74) is 6.37. The van der Waals surface area contributed by atoms with Crippen molar-refractivity contribution in [3.05, 3.63) is 146 Å². The second-order valence-electron chi connectivity index (χ2n) is 7.91. The molecule has 0 atom stereocenters. The first-order valence-corrected chi connectivity index (χ1v) is 11.0. The summed E-state index contributed by atoms with van der Waals surface area (Å²) in [4.78, 5) is 6.85. The van der Waals surface area contributed by atoms with Crippen LogP contribution >= 0.6 is 0 Å². The molecule has 4 aromatic carbocycles. The molecule has 1 heterocycles. The Bertz CT molecular complexity index is 1030. The number of H-pyrrole nitrogens is 1. The number of benzene rings is 4. The summed E-state index contributed by atoms with van der Waals surface area (Å²) < 4.78 is 0. The Morgan fingerprint density at radius 3 is 1.09 bits per heavy atom. The highest BCUT2D eigenvalue weighted by atomic mass is 14.7.